The van der Waals surface area contributed by atoms with E-state index in [0.717, 1.165) is 10.9 Å². The van der Waals surface area contributed by atoms with Gasteiger partial charge in [0.2, 0.25) is 0 Å². The summed E-state index contributed by atoms with van der Waals surface area (Å²) in [7, 11) is 1.62. The molecule has 0 bridgehead atoms. The van der Waals surface area contributed by atoms with E-state index in [4.69, 9.17) is 4.74 Å². The molecule has 0 aliphatic rings. The number of rotatable bonds is 5. The minimum atomic E-state index is -0.100. The lowest BCUT2D eigenvalue weighted by Crippen LogP contribution is -2.35. The summed E-state index contributed by atoms with van der Waals surface area (Å²) in [6.45, 7) is 6.73. The highest BCUT2D eigenvalue weighted by Crippen LogP contribution is 2.21. The SMILES string of the molecule is COCC(C)NC(=O)c1cc2ccc(C(C)C)cc2[nH]1. The molecule has 1 aromatic heterocycles. The summed E-state index contributed by atoms with van der Waals surface area (Å²) >= 11 is 0. The lowest BCUT2D eigenvalue weighted by atomic mass is 10.0. The normalized spacial score (nSPS) is 12.8. The molecule has 4 heteroatoms. The van der Waals surface area contributed by atoms with Crippen molar-refractivity contribution in [1.82, 2.24) is 10.3 Å². The summed E-state index contributed by atoms with van der Waals surface area (Å²) in [6.07, 6.45) is 0. The van der Waals surface area contributed by atoms with Gasteiger partial charge in [0.05, 0.1) is 6.61 Å². The zero-order valence-corrected chi connectivity index (χ0v) is 12.5. The molecule has 1 heterocycles. The molecule has 0 fully saturated rings. The van der Waals surface area contributed by atoms with Gasteiger partial charge in [0.25, 0.3) is 5.91 Å². The standard InChI is InChI=1S/C16H22N2O2/c1-10(2)12-5-6-13-8-15(18-14(13)7-12)16(19)17-11(3)9-20-4/h5-8,10-11,18H,9H2,1-4H3,(H,17,19). The molecule has 2 aromatic rings. The molecule has 1 atom stereocenters. The molecule has 108 valence electrons. The molecular weight excluding hydrogens is 252 g/mol. The number of H-pyrrole nitrogens is 1. The predicted molar refractivity (Wildman–Crippen MR) is 81.2 cm³/mol. The zero-order chi connectivity index (χ0) is 14.7. The van der Waals surface area contributed by atoms with Gasteiger partial charge in [-0.3, -0.25) is 4.79 Å². The highest BCUT2D eigenvalue weighted by molar-refractivity contribution is 5.98. The number of aromatic nitrogens is 1. The number of benzene rings is 1. The van der Waals surface area contributed by atoms with E-state index in [2.05, 4.69) is 42.3 Å². The first-order valence-corrected chi connectivity index (χ1v) is 6.93. The van der Waals surface area contributed by atoms with Gasteiger partial charge in [-0.05, 0) is 30.5 Å². The van der Waals surface area contributed by atoms with Crippen molar-refractivity contribution in [3.63, 3.8) is 0 Å². The maximum absolute atomic E-state index is 12.1. The Balaban J connectivity index is 2.21. The van der Waals surface area contributed by atoms with Crippen LogP contribution in [-0.4, -0.2) is 30.6 Å². The fourth-order valence-electron chi connectivity index (χ4n) is 2.22. The second kappa shape index (κ2) is 6.09. The average Bonchev–Trinajstić information content (AvgIpc) is 2.81. The molecule has 4 nitrogen and oxygen atoms in total. The van der Waals surface area contributed by atoms with Crippen molar-refractivity contribution in [3.05, 3.63) is 35.5 Å². The van der Waals surface area contributed by atoms with E-state index >= 15 is 0 Å². The van der Waals surface area contributed by atoms with Gasteiger partial charge in [-0.1, -0.05) is 26.0 Å². The van der Waals surface area contributed by atoms with Gasteiger partial charge in [-0.2, -0.15) is 0 Å². The van der Waals surface area contributed by atoms with Gasteiger partial charge in [0.1, 0.15) is 5.69 Å². The molecular formula is C16H22N2O2. The quantitative estimate of drug-likeness (QED) is 0.880. The lowest BCUT2D eigenvalue weighted by Gasteiger charge is -2.11. The average molecular weight is 274 g/mol. The molecule has 0 radical (unpaired) electrons. The Kier molecular flexibility index (Phi) is 4.45. The van der Waals surface area contributed by atoms with E-state index in [1.165, 1.54) is 5.56 Å². The number of carbonyl (C=O) groups is 1. The van der Waals surface area contributed by atoms with Gasteiger partial charge in [-0.15, -0.1) is 0 Å². The Morgan fingerprint density at radius 2 is 2.05 bits per heavy atom. The highest BCUT2D eigenvalue weighted by Gasteiger charge is 2.12. The van der Waals surface area contributed by atoms with E-state index in [-0.39, 0.29) is 11.9 Å². The van der Waals surface area contributed by atoms with Gasteiger partial charge in [0.15, 0.2) is 0 Å². The van der Waals surface area contributed by atoms with Crippen LogP contribution in [0.3, 0.4) is 0 Å². The lowest BCUT2D eigenvalue weighted by molar-refractivity contribution is 0.0901. The first-order valence-electron chi connectivity index (χ1n) is 6.93. The van der Waals surface area contributed by atoms with Crippen LogP contribution >= 0.6 is 0 Å². The van der Waals surface area contributed by atoms with E-state index in [1.807, 2.05) is 13.0 Å². The minimum absolute atomic E-state index is 0.00913. The summed E-state index contributed by atoms with van der Waals surface area (Å²) in [5.74, 6) is 0.374. The maximum Gasteiger partial charge on any atom is 0.268 e. The molecule has 1 amide bonds. The molecule has 0 saturated carbocycles. The van der Waals surface area contributed by atoms with Crippen molar-refractivity contribution in [1.29, 1.82) is 0 Å². The number of hydrogen-bond donors (Lipinski definition) is 2. The Bertz CT molecular complexity index is 602. The zero-order valence-electron chi connectivity index (χ0n) is 12.5. The molecule has 0 saturated heterocycles. The second-order valence-corrected chi connectivity index (χ2v) is 5.51. The molecule has 1 aromatic carbocycles. The van der Waals surface area contributed by atoms with Crippen LogP contribution in [0.15, 0.2) is 24.3 Å². The molecule has 2 N–H and O–H groups in total. The molecule has 20 heavy (non-hydrogen) atoms. The van der Waals surface area contributed by atoms with Crippen molar-refractivity contribution < 1.29 is 9.53 Å². The molecule has 0 aliphatic heterocycles. The number of aromatic amines is 1. The topological polar surface area (TPSA) is 54.1 Å². The molecule has 2 rings (SSSR count). The van der Waals surface area contributed by atoms with Crippen molar-refractivity contribution >= 4 is 16.8 Å². The third kappa shape index (κ3) is 3.20. The minimum Gasteiger partial charge on any atom is -0.383 e. The molecule has 0 aliphatic carbocycles. The van der Waals surface area contributed by atoms with Crippen LogP contribution in [0.5, 0.6) is 0 Å². The number of hydrogen-bond acceptors (Lipinski definition) is 2. The number of fused-ring (bicyclic) bond motifs is 1. The summed E-state index contributed by atoms with van der Waals surface area (Å²) < 4.78 is 5.02. The number of carbonyl (C=O) groups excluding carboxylic acids is 1. The molecule has 0 spiro atoms. The Morgan fingerprint density at radius 3 is 2.70 bits per heavy atom. The van der Waals surface area contributed by atoms with E-state index < -0.39 is 0 Å². The second-order valence-electron chi connectivity index (χ2n) is 5.51. The van der Waals surface area contributed by atoms with Gasteiger partial charge < -0.3 is 15.0 Å². The van der Waals surface area contributed by atoms with Crippen molar-refractivity contribution in [3.8, 4) is 0 Å². The Labute approximate surface area is 119 Å². The van der Waals surface area contributed by atoms with Crippen LogP contribution in [0.1, 0.15) is 42.7 Å². The van der Waals surface area contributed by atoms with Crippen LogP contribution < -0.4 is 5.32 Å². The van der Waals surface area contributed by atoms with Crippen LogP contribution in [0.2, 0.25) is 0 Å². The van der Waals surface area contributed by atoms with Crippen molar-refractivity contribution in [2.24, 2.45) is 0 Å². The maximum atomic E-state index is 12.1. The van der Waals surface area contributed by atoms with E-state index in [9.17, 15) is 4.79 Å². The summed E-state index contributed by atoms with van der Waals surface area (Å²) in [6, 6.07) is 8.14. The summed E-state index contributed by atoms with van der Waals surface area (Å²) in [4.78, 5) is 15.3. The summed E-state index contributed by atoms with van der Waals surface area (Å²) in [5.41, 5.74) is 2.85. The van der Waals surface area contributed by atoms with Crippen molar-refractivity contribution in [2.75, 3.05) is 13.7 Å². The smallest absolute Gasteiger partial charge is 0.268 e. The predicted octanol–water partition coefficient (Wildman–Crippen LogP) is 3.06. The fraction of sp³-hybridized carbons (Fsp3) is 0.438. The number of ether oxygens (including phenoxy) is 1. The largest absolute Gasteiger partial charge is 0.383 e. The van der Waals surface area contributed by atoms with Gasteiger partial charge in [-0.25, -0.2) is 0 Å². The van der Waals surface area contributed by atoms with Crippen LogP contribution in [-0.2, 0) is 4.74 Å². The van der Waals surface area contributed by atoms with Gasteiger partial charge in [0, 0.05) is 24.1 Å². The van der Waals surface area contributed by atoms with E-state index in [1.54, 1.807) is 7.11 Å². The number of amides is 1. The monoisotopic (exact) mass is 274 g/mol. The first-order chi connectivity index (χ1) is 9.51. The third-order valence-corrected chi connectivity index (χ3v) is 3.35. The van der Waals surface area contributed by atoms with Crippen LogP contribution in [0.4, 0.5) is 0 Å². The molecule has 1 unspecified atom stereocenters. The number of methoxy groups -OCH3 is 1. The Morgan fingerprint density at radius 1 is 1.30 bits per heavy atom. The van der Waals surface area contributed by atoms with Crippen LogP contribution in [0, 0.1) is 0 Å². The Hall–Kier alpha value is -1.81. The third-order valence-electron chi connectivity index (χ3n) is 3.35. The summed E-state index contributed by atoms with van der Waals surface area (Å²) in [5, 5.41) is 3.95. The van der Waals surface area contributed by atoms with Crippen molar-refractivity contribution in [2.45, 2.75) is 32.7 Å². The fourth-order valence-corrected chi connectivity index (χ4v) is 2.22. The van der Waals surface area contributed by atoms with Crippen LogP contribution in [0.25, 0.3) is 10.9 Å². The van der Waals surface area contributed by atoms with E-state index in [0.29, 0.717) is 18.2 Å². The first kappa shape index (κ1) is 14.6. The van der Waals surface area contributed by atoms with Gasteiger partial charge >= 0.3 is 0 Å². The highest BCUT2D eigenvalue weighted by atomic mass is 16.5. The number of nitrogens with one attached hydrogen (secondary N) is 2.